The van der Waals surface area contributed by atoms with Crippen molar-refractivity contribution >= 4 is 24.0 Å². The SMILES string of the molecule is CCOC(=O)C12N3Cc4c(C#Cc5ccccc5)ccc(C#Cc5ccccc5)c4CN1C(=O)N1Cc4c(C#Cc5ccccc5)ccc(C#Cc5ccccc5)c4CN(C3=O)C12C(=O)OCC. The summed E-state index contributed by atoms with van der Waals surface area (Å²) in [5.74, 6) is 24.4. The third-order valence-corrected chi connectivity index (χ3v) is 12.7. The minimum Gasteiger partial charge on any atom is -0.463 e. The van der Waals surface area contributed by atoms with Crippen LogP contribution in [0, 0.1) is 47.4 Å². The van der Waals surface area contributed by atoms with Crippen molar-refractivity contribution in [3.8, 4) is 47.4 Å². The van der Waals surface area contributed by atoms with E-state index >= 15 is 19.2 Å². The molecule has 4 amide bonds. The number of ether oxygens (including phenoxy) is 2. The Morgan fingerprint density at radius 3 is 0.853 bits per heavy atom. The zero-order chi connectivity index (χ0) is 46.8. The van der Waals surface area contributed by atoms with Crippen LogP contribution in [-0.2, 0) is 45.2 Å². The standard InChI is InChI=1S/C58H42N4O6/c1-3-67-53(63)57-58(54(64)68-4-2)61-39-51-47(31-27-43-21-13-7-14-22-43)35-36-48(32-28-44-23-15-8-16-24-44)52(51)40-62(58)56(66)60(57)38-50-46(30-26-42-19-11-6-12-20-42)34-33-45(49(50)37-59(57)55(61)65)29-25-41-17-9-5-10-18-41/h5-24,33-36H,3-4,37-40H2,1-2H3. The Morgan fingerprint density at radius 2 is 0.632 bits per heavy atom. The van der Waals surface area contributed by atoms with Gasteiger partial charge in [-0.3, -0.25) is 19.6 Å². The first-order chi connectivity index (χ1) is 33.3. The van der Waals surface area contributed by atoms with E-state index in [0.29, 0.717) is 44.5 Å². The maximum Gasteiger partial charge on any atom is 0.358 e. The van der Waals surface area contributed by atoms with Gasteiger partial charge in [0.25, 0.3) is 11.3 Å². The van der Waals surface area contributed by atoms with Crippen molar-refractivity contribution in [2.45, 2.75) is 51.4 Å². The average molecular weight is 891 g/mol. The minimum atomic E-state index is -2.40. The van der Waals surface area contributed by atoms with Gasteiger partial charge in [0.2, 0.25) is 0 Å². The number of hydrogen-bond acceptors (Lipinski definition) is 6. The Morgan fingerprint density at radius 1 is 0.397 bits per heavy atom. The topological polar surface area (TPSA) is 99.7 Å². The highest BCUT2D eigenvalue weighted by Gasteiger charge is 2.87. The maximum atomic E-state index is 15.9. The molecule has 0 aliphatic carbocycles. The van der Waals surface area contributed by atoms with Gasteiger partial charge in [0.15, 0.2) is 0 Å². The van der Waals surface area contributed by atoms with Crippen LogP contribution in [0.1, 0.15) is 80.6 Å². The fourth-order valence-corrected chi connectivity index (χ4v) is 9.66. The Bertz CT molecular complexity index is 2870. The molecular weight excluding hydrogens is 849 g/mol. The highest BCUT2D eigenvalue weighted by Crippen LogP contribution is 2.58. The van der Waals surface area contributed by atoms with Crippen molar-refractivity contribution in [2.75, 3.05) is 13.2 Å². The zero-order valence-corrected chi connectivity index (χ0v) is 37.3. The zero-order valence-electron chi connectivity index (χ0n) is 37.3. The van der Waals surface area contributed by atoms with Crippen LogP contribution in [0.25, 0.3) is 0 Å². The highest BCUT2D eigenvalue weighted by molar-refractivity contribution is 6.10. The number of urea groups is 2. The van der Waals surface area contributed by atoms with Gasteiger partial charge in [-0.2, -0.15) is 0 Å². The lowest BCUT2D eigenvalue weighted by atomic mass is 9.90. The predicted molar refractivity (Wildman–Crippen MR) is 254 cm³/mol. The molecule has 0 N–H and O–H groups in total. The van der Waals surface area contributed by atoms with Gasteiger partial charge in [0.1, 0.15) is 0 Å². The molecule has 68 heavy (non-hydrogen) atoms. The highest BCUT2D eigenvalue weighted by atomic mass is 16.6. The number of fused-ring (bicyclic) bond motifs is 2. The molecule has 10 nitrogen and oxygen atoms in total. The number of nitrogens with zero attached hydrogens (tertiary/aromatic N) is 4. The van der Waals surface area contributed by atoms with Gasteiger partial charge in [-0.05, 0) is 109 Å². The maximum absolute atomic E-state index is 15.9. The van der Waals surface area contributed by atoms with Crippen molar-refractivity contribution in [2.24, 2.45) is 0 Å². The fraction of sp³-hybridized carbons (Fsp3) is 0.172. The third kappa shape index (κ3) is 6.99. The van der Waals surface area contributed by atoms with Crippen LogP contribution in [-0.4, -0.2) is 68.1 Å². The molecule has 4 heterocycles. The van der Waals surface area contributed by atoms with E-state index in [4.69, 9.17) is 9.47 Å². The summed E-state index contributed by atoms with van der Waals surface area (Å²) >= 11 is 0. The molecule has 0 saturated carbocycles. The van der Waals surface area contributed by atoms with Gasteiger partial charge in [-0.25, -0.2) is 19.2 Å². The number of benzene rings is 6. The lowest BCUT2D eigenvalue weighted by Gasteiger charge is -2.44. The first-order valence-electron chi connectivity index (χ1n) is 22.4. The second-order valence-electron chi connectivity index (χ2n) is 16.4. The lowest BCUT2D eigenvalue weighted by Crippen LogP contribution is -2.75. The van der Waals surface area contributed by atoms with E-state index < -0.39 is 35.3 Å². The van der Waals surface area contributed by atoms with E-state index in [2.05, 4.69) is 47.4 Å². The molecule has 4 aliphatic rings. The van der Waals surface area contributed by atoms with Crippen LogP contribution in [0.3, 0.4) is 0 Å². The van der Waals surface area contributed by atoms with Crippen molar-refractivity contribution < 1.29 is 28.7 Å². The van der Waals surface area contributed by atoms with Gasteiger partial charge in [0.05, 0.1) is 39.4 Å². The van der Waals surface area contributed by atoms with Crippen LogP contribution in [0.4, 0.5) is 9.59 Å². The molecule has 0 bridgehead atoms. The van der Waals surface area contributed by atoms with Gasteiger partial charge in [-0.1, -0.05) is 120 Å². The first-order valence-corrected chi connectivity index (χ1v) is 22.4. The number of amides is 4. The Balaban J connectivity index is 1.23. The largest absolute Gasteiger partial charge is 0.463 e. The Labute approximate surface area is 395 Å². The summed E-state index contributed by atoms with van der Waals surface area (Å²) in [6.45, 7) is 2.11. The molecule has 6 aromatic rings. The molecule has 10 heteroatoms. The molecule has 4 aliphatic heterocycles. The van der Waals surface area contributed by atoms with Gasteiger partial charge >= 0.3 is 24.0 Å². The first kappa shape index (κ1) is 43.0. The fourth-order valence-electron chi connectivity index (χ4n) is 9.66. The number of hydrogen-bond donors (Lipinski definition) is 0. The van der Waals surface area contributed by atoms with Crippen LogP contribution in [0.5, 0.6) is 0 Å². The molecule has 0 aromatic heterocycles. The molecule has 6 aromatic carbocycles. The van der Waals surface area contributed by atoms with E-state index in [9.17, 15) is 0 Å². The molecular formula is C58H42N4O6. The molecule has 330 valence electrons. The van der Waals surface area contributed by atoms with Gasteiger partial charge in [0, 0.05) is 44.5 Å². The summed E-state index contributed by atoms with van der Waals surface area (Å²) in [5, 5.41) is 0. The molecule has 10 rings (SSSR count). The third-order valence-electron chi connectivity index (χ3n) is 12.7. The Hall–Kier alpha value is -8.96. The summed E-state index contributed by atoms with van der Waals surface area (Å²) in [7, 11) is 0. The quantitative estimate of drug-likeness (QED) is 0.132. The van der Waals surface area contributed by atoms with E-state index in [-0.39, 0.29) is 39.4 Å². The second-order valence-corrected chi connectivity index (χ2v) is 16.4. The minimum absolute atomic E-state index is 0.114. The number of carbonyl (C=O) groups excluding carboxylic acids is 4. The van der Waals surface area contributed by atoms with Gasteiger partial charge < -0.3 is 9.47 Å². The number of esters is 2. The number of rotatable bonds is 4. The van der Waals surface area contributed by atoms with Crippen LogP contribution in [0.2, 0.25) is 0 Å². The van der Waals surface area contributed by atoms with E-state index in [1.54, 1.807) is 13.8 Å². The predicted octanol–water partition coefficient (Wildman–Crippen LogP) is 8.01. The average Bonchev–Trinajstić information content (AvgIpc) is 3.52. The smallest absolute Gasteiger partial charge is 0.358 e. The monoisotopic (exact) mass is 890 g/mol. The van der Waals surface area contributed by atoms with E-state index in [1.165, 1.54) is 19.6 Å². The summed E-state index contributed by atoms with van der Waals surface area (Å²) in [5.41, 5.74) is 2.80. The summed E-state index contributed by atoms with van der Waals surface area (Å²) in [4.78, 5) is 68.0. The summed E-state index contributed by atoms with van der Waals surface area (Å²) < 4.78 is 11.9. The normalized spacial score (nSPS) is 18.0. The number of carbonyl (C=O) groups is 4. The van der Waals surface area contributed by atoms with Crippen molar-refractivity contribution in [1.82, 2.24) is 19.6 Å². The van der Waals surface area contributed by atoms with Crippen LogP contribution < -0.4 is 0 Å². The molecule has 2 fully saturated rings. The van der Waals surface area contributed by atoms with Crippen molar-refractivity contribution in [3.63, 3.8) is 0 Å². The van der Waals surface area contributed by atoms with Crippen LogP contribution in [0.15, 0.2) is 146 Å². The summed E-state index contributed by atoms with van der Waals surface area (Å²) in [6, 6.07) is 44.0. The van der Waals surface area contributed by atoms with E-state index in [1.807, 2.05) is 146 Å². The van der Waals surface area contributed by atoms with Crippen LogP contribution >= 0.6 is 0 Å². The van der Waals surface area contributed by atoms with E-state index in [0.717, 1.165) is 22.3 Å². The van der Waals surface area contributed by atoms with Crippen molar-refractivity contribution in [3.05, 3.63) is 212 Å². The summed E-state index contributed by atoms with van der Waals surface area (Å²) in [6.07, 6.45) is 0. The Kier molecular flexibility index (Phi) is 11.2. The van der Waals surface area contributed by atoms with Gasteiger partial charge in [-0.15, -0.1) is 0 Å². The van der Waals surface area contributed by atoms with Crippen molar-refractivity contribution in [1.29, 1.82) is 0 Å². The molecule has 2 saturated heterocycles. The second kappa shape index (κ2) is 17.8. The molecule has 0 unspecified atom stereocenters. The molecule has 0 atom stereocenters. The lowest BCUT2D eigenvalue weighted by molar-refractivity contribution is -0.191. The molecule has 0 spiro atoms. The molecule has 0 radical (unpaired) electrons.